The Kier molecular flexibility index (Phi) is 3.31. The van der Waals surface area contributed by atoms with Gasteiger partial charge in [-0.3, -0.25) is 0 Å². The number of benzene rings is 1. The summed E-state index contributed by atoms with van der Waals surface area (Å²) in [7, 11) is -3.19. The van der Waals surface area contributed by atoms with E-state index in [0.717, 1.165) is 6.26 Å². The van der Waals surface area contributed by atoms with Crippen LogP contribution in [0.4, 0.5) is 4.79 Å². The van der Waals surface area contributed by atoms with Crippen molar-refractivity contribution >= 4 is 15.9 Å². The molecule has 6 heteroatoms. The van der Waals surface area contributed by atoms with Gasteiger partial charge in [0.25, 0.3) is 0 Å². The van der Waals surface area contributed by atoms with Crippen molar-refractivity contribution in [3.8, 4) is 0 Å². The summed E-state index contributed by atoms with van der Waals surface area (Å²) in [6, 6.07) is 6.06. The standard InChI is InChI=1S/C9H11NO4S/c1-15(13,14)8-4-2-7(3-5-8)6-10-9(11)12/h2-5,10H,6H2,1H3,(H,11,12). The highest BCUT2D eigenvalue weighted by molar-refractivity contribution is 7.90. The van der Waals surface area contributed by atoms with E-state index in [-0.39, 0.29) is 11.4 Å². The number of sulfone groups is 1. The Morgan fingerprint density at radius 1 is 1.33 bits per heavy atom. The molecule has 0 aliphatic heterocycles. The summed E-state index contributed by atoms with van der Waals surface area (Å²) < 4.78 is 22.2. The number of nitrogens with one attached hydrogen (secondary N) is 1. The lowest BCUT2D eigenvalue weighted by atomic mass is 10.2. The molecule has 1 aromatic carbocycles. The van der Waals surface area contributed by atoms with E-state index in [2.05, 4.69) is 5.32 Å². The molecule has 0 aromatic heterocycles. The fourth-order valence-corrected chi connectivity index (χ4v) is 1.66. The van der Waals surface area contributed by atoms with Gasteiger partial charge in [0.15, 0.2) is 9.84 Å². The van der Waals surface area contributed by atoms with Crippen molar-refractivity contribution in [3.05, 3.63) is 29.8 Å². The Morgan fingerprint density at radius 3 is 2.27 bits per heavy atom. The molecule has 1 amide bonds. The molecule has 82 valence electrons. The number of hydrogen-bond acceptors (Lipinski definition) is 3. The fraction of sp³-hybridized carbons (Fsp3) is 0.222. The van der Waals surface area contributed by atoms with Gasteiger partial charge in [-0.25, -0.2) is 13.2 Å². The van der Waals surface area contributed by atoms with E-state index in [1.807, 2.05) is 0 Å². The van der Waals surface area contributed by atoms with Crippen molar-refractivity contribution in [2.45, 2.75) is 11.4 Å². The van der Waals surface area contributed by atoms with Crippen LogP contribution in [0.2, 0.25) is 0 Å². The average Bonchev–Trinajstić information content (AvgIpc) is 2.14. The molecule has 2 N–H and O–H groups in total. The summed E-state index contributed by atoms with van der Waals surface area (Å²) in [5.41, 5.74) is 0.713. The van der Waals surface area contributed by atoms with Gasteiger partial charge < -0.3 is 10.4 Å². The van der Waals surface area contributed by atoms with E-state index in [1.54, 1.807) is 12.1 Å². The third kappa shape index (κ3) is 3.59. The van der Waals surface area contributed by atoms with Crippen molar-refractivity contribution in [1.29, 1.82) is 0 Å². The minimum atomic E-state index is -3.19. The SMILES string of the molecule is CS(=O)(=O)c1ccc(CNC(=O)O)cc1. The predicted molar refractivity (Wildman–Crippen MR) is 54.4 cm³/mol. The number of rotatable bonds is 3. The van der Waals surface area contributed by atoms with E-state index in [9.17, 15) is 13.2 Å². The first-order valence-electron chi connectivity index (χ1n) is 4.15. The minimum absolute atomic E-state index is 0.166. The highest BCUT2D eigenvalue weighted by atomic mass is 32.2. The largest absolute Gasteiger partial charge is 0.465 e. The Bertz CT molecular complexity index is 450. The number of carboxylic acid groups (broad SMARTS) is 1. The molecule has 0 aliphatic rings. The van der Waals surface area contributed by atoms with Gasteiger partial charge in [-0.2, -0.15) is 0 Å². The Hall–Kier alpha value is -1.56. The van der Waals surface area contributed by atoms with Gasteiger partial charge in [0.1, 0.15) is 0 Å². The molecule has 0 fully saturated rings. The van der Waals surface area contributed by atoms with Crippen LogP contribution in [0.25, 0.3) is 0 Å². The van der Waals surface area contributed by atoms with Crippen molar-refractivity contribution in [2.75, 3.05) is 6.26 Å². The van der Waals surface area contributed by atoms with Crippen LogP contribution in [-0.2, 0) is 16.4 Å². The fourth-order valence-electron chi connectivity index (χ4n) is 1.03. The zero-order valence-electron chi connectivity index (χ0n) is 8.10. The first-order valence-corrected chi connectivity index (χ1v) is 6.04. The molecular formula is C9H11NO4S. The number of carbonyl (C=O) groups is 1. The van der Waals surface area contributed by atoms with Crippen LogP contribution >= 0.6 is 0 Å². The van der Waals surface area contributed by atoms with Crippen LogP contribution in [-0.4, -0.2) is 25.9 Å². The molecular weight excluding hydrogens is 218 g/mol. The molecule has 0 bridgehead atoms. The van der Waals surface area contributed by atoms with Gasteiger partial charge in [-0.05, 0) is 17.7 Å². The van der Waals surface area contributed by atoms with Crippen molar-refractivity contribution in [1.82, 2.24) is 5.32 Å². The Morgan fingerprint density at radius 2 is 1.87 bits per heavy atom. The summed E-state index contributed by atoms with van der Waals surface area (Å²) in [4.78, 5) is 10.4. The normalized spacial score (nSPS) is 11.0. The van der Waals surface area contributed by atoms with Gasteiger partial charge in [0, 0.05) is 12.8 Å². The predicted octanol–water partition coefficient (Wildman–Crippen LogP) is 0.858. The second-order valence-electron chi connectivity index (χ2n) is 3.07. The Balaban J connectivity index is 2.77. The third-order valence-electron chi connectivity index (χ3n) is 1.80. The molecule has 0 saturated heterocycles. The molecule has 5 nitrogen and oxygen atoms in total. The van der Waals surface area contributed by atoms with Gasteiger partial charge in [-0.1, -0.05) is 12.1 Å². The summed E-state index contributed by atoms with van der Waals surface area (Å²) in [6.45, 7) is 0.166. The van der Waals surface area contributed by atoms with Crippen LogP contribution in [0.5, 0.6) is 0 Å². The van der Waals surface area contributed by atoms with Gasteiger partial charge >= 0.3 is 6.09 Å². The van der Waals surface area contributed by atoms with E-state index in [1.165, 1.54) is 12.1 Å². The van der Waals surface area contributed by atoms with Crippen LogP contribution < -0.4 is 5.32 Å². The lowest BCUT2D eigenvalue weighted by molar-refractivity contribution is 0.194. The smallest absolute Gasteiger partial charge is 0.404 e. The highest BCUT2D eigenvalue weighted by Gasteiger charge is 2.06. The molecule has 0 radical (unpaired) electrons. The lowest BCUT2D eigenvalue weighted by Gasteiger charge is -2.02. The van der Waals surface area contributed by atoms with Gasteiger partial charge in [-0.15, -0.1) is 0 Å². The van der Waals surface area contributed by atoms with Crippen molar-refractivity contribution in [3.63, 3.8) is 0 Å². The van der Waals surface area contributed by atoms with Crippen LogP contribution in [0.1, 0.15) is 5.56 Å². The second kappa shape index (κ2) is 4.31. The molecule has 0 heterocycles. The van der Waals surface area contributed by atoms with Crippen molar-refractivity contribution in [2.24, 2.45) is 0 Å². The number of hydrogen-bond donors (Lipinski definition) is 2. The molecule has 0 atom stereocenters. The topological polar surface area (TPSA) is 83.5 Å². The molecule has 0 unspecified atom stereocenters. The highest BCUT2D eigenvalue weighted by Crippen LogP contribution is 2.09. The first kappa shape index (κ1) is 11.5. The van der Waals surface area contributed by atoms with Crippen LogP contribution in [0.15, 0.2) is 29.2 Å². The maximum atomic E-state index is 11.1. The molecule has 1 rings (SSSR count). The molecule has 0 aliphatic carbocycles. The van der Waals surface area contributed by atoms with Crippen LogP contribution in [0, 0.1) is 0 Å². The Labute approximate surface area is 87.7 Å². The molecule has 1 aromatic rings. The summed E-state index contributed by atoms with van der Waals surface area (Å²) >= 11 is 0. The van der Waals surface area contributed by atoms with E-state index in [4.69, 9.17) is 5.11 Å². The third-order valence-corrected chi connectivity index (χ3v) is 2.92. The summed E-state index contributed by atoms with van der Waals surface area (Å²) in [5, 5.41) is 10.5. The zero-order chi connectivity index (χ0) is 11.5. The lowest BCUT2D eigenvalue weighted by Crippen LogP contribution is -2.19. The molecule has 0 spiro atoms. The average molecular weight is 229 g/mol. The van der Waals surface area contributed by atoms with E-state index in [0.29, 0.717) is 5.56 Å². The maximum Gasteiger partial charge on any atom is 0.404 e. The van der Waals surface area contributed by atoms with Gasteiger partial charge in [0.05, 0.1) is 4.90 Å². The molecule has 15 heavy (non-hydrogen) atoms. The first-order chi connectivity index (χ1) is 6.89. The van der Waals surface area contributed by atoms with E-state index >= 15 is 0 Å². The zero-order valence-corrected chi connectivity index (χ0v) is 8.91. The van der Waals surface area contributed by atoms with E-state index < -0.39 is 15.9 Å². The summed E-state index contributed by atoms with van der Waals surface area (Å²) in [5.74, 6) is 0. The van der Waals surface area contributed by atoms with Gasteiger partial charge in [0.2, 0.25) is 0 Å². The minimum Gasteiger partial charge on any atom is -0.465 e. The quantitative estimate of drug-likeness (QED) is 0.805. The summed E-state index contributed by atoms with van der Waals surface area (Å²) in [6.07, 6.45) is 0.0134. The second-order valence-corrected chi connectivity index (χ2v) is 5.09. The molecule has 0 saturated carbocycles. The monoisotopic (exact) mass is 229 g/mol. The number of amides is 1. The van der Waals surface area contributed by atoms with Crippen molar-refractivity contribution < 1.29 is 18.3 Å². The maximum absolute atomic E-state index is 11.1. The van der Waals surface area contributed by atoms with Crippen LogP contribution in [0.3, 0.4) is 0 Å².